The molecule has 0 unspecified atom stereocenters. The molecule has 7 aromatic carbocycles. The number of nitrogens with zero attached hydrogens (tertiary/aromatic N) is 3. The van der Waals surface area contributed by atoms with Crippen molar-refractivity contribution in [2.75, 3.05) is 0 Å². The van der Waals surface area contributed by atoms with Crippen LogP contribution in [0.3, 0.4) is 0 Å². The average Bonchev–Trinajstić information content (AvgIpc) is 3.51. The molecule has 0 amide bonds. The first-order valence-corrected chi connectivity index (χ1v) is 18.3. The Balaban J connectivity index is 1.28. The second-order valence-electron chi connectivity index (χ2n) is 14.9. The Bertz CT molecular complexity index is 3010. The molecule has 0 saturated heterocycles. The minimum atomic E-state index is -0.0651. The Labute approximate surface area is 302 Å². The zero-order chi connectivity index (χ0) is 34.6. The van der Waals surface area contributed by atoms with Crippen molar-refractivity contribution in [1.29, 1.82) is 0 Å². The van der Waals surface area contributed by atoms with Crippen LogP contribution in [0, 0.1) is 0 Å². The Kier molecular flexibility index (Phi) is 6.13. The molecule has 0 aliphatic heterocycles. The van der Waals surface area contributed by atoms with E-state index < -0.39 is 0 Å². The van der Waals surface area contributed by atoms with Crippen LogP contribution >= 0.6 is 0 Å². The lowest BCUT2D eigenvalue weighted by Crippen LogP contribution is -2.26. The second-order valence-corrected chi connectivity index (χ2v) is 14.9. The first kappa shape index (κ1) is 29.4. The van der Waals surface area contributed by atoms with E-state index in [1.165, 1.54) is 71.2 Å². The molecule has 2 aliphatic rings. The lowest BCUT2D eigenvalue weighted by molar-refractivity contribution is 0.595. The maximum atomic E-state index is 5.54. The van der Waals surface area contributed by atoms with Gasteiger partial charge in [0.05, 0.1) is 22.2 Å². The minimum absolute atomic E-state index is 0.0651. The summed E-state index contributed by atoms with van der Waals surface area (Å²) in [7, 11) is 0. The van der Waals surface area contributed by atoms with Crippen LogP contribution in [-0.2, 0) is 5.41 Å². The molecule has 52 heavy (non-hydrogen) atoms. The summed E-state index contributed by atoms with van der Waals surface area (Å²) in [4.78, 5) is 10.9. The number of hydrogen-bond acceptors (Lipinski definition) is 2. The van der Waals surface area contributed by atoms with Crippen molar-refractivity contribution >= 4 is 59.8 Å². The van der Waals surface area contributed by atoms with Gasteiger partial charge in [0.25, 0.3) is 0 Å². The van der Waals surface area contributed by atoms with Crippen molar-refractivity contribution in [2.45, 2.75) is 32.1 Å². The highest BCUT2D eigenvalue weighted by molar-refractivity contribution is 6.22. The molecule has 2 aliphatic carbocycles. The zero-order valence-corrected chi connectivity index (χ0v) is 29.2. The van der Waals surface area contributed by atoms with E-state index in [9.17, 15) is 0 Å². The average molecular weight is 666 g/mol. The highest BCUT2D eigenvalue weighted by Crippen LogP contribution is 2.53. The summed E-state index contributed by atoms with van der Waals surface area (Å²) in [6.45, 7) is 4.82. The van der Waals surface area contributed by atoms with Gasteiger partial charge in [-0.2, -0.15) is 0 Å². The van der Waals surface area contributed by atoms with Crippen LogP contribution in [0.2, 0.25) is 0 Å². The predicted molar refractivity (Wildman–Crippen MR) is 218 cm³/mol. The first-order valence-electron chi connectivity index (χ1n) is 18.3. The Morgan fingerprint density at radius 3 is 2.13 bits per heavy atom. The smallest absolute Gasteiger partial charge is 0.235 e. The van der Waals surface area contributed by atoms with Gasteiger partial charge >= 0.3 is 0 Å². The quantitative estimate of drug-likeness (QED) is 0.188. The van der Waals surface area contributed by atoms with Crippen LogP contribution in [0.15, 0.2) is 157 Å². The number of hydrogen-bond donors (Lipinski definition) is 0. The van der Waals surface area contributed by atoms with Gasteiger partial charge in [-0.1, -0.05) is 147 Å². The van der Waals surface area contributed by atoms with Crippen LogP contribution in [0.4, 0.5) is 0 Å². The van der Waals surface area contributed by atoms with Gasteiger partial charge in [0, 0.05) is 32.7 Å². The maximum absolute atomic E-state index is 5.54. The summed E-state index contributed by atoms with van der Waals surface area (Å²) in [5.41, 5.74) is 13.1. The van der Waals surface area contributed by atoms with E-state index in [1.54, 1.807) is 0 Å². The molecular formula is C49H35N3. The standard InChI is InChI=1S/C49H35N3/c1-49(2)40-20-10-8-18-36(40)45-44-35(17-12-21-41(44)49)28-39-38-27-33-15-6-7-16-34(33)29-43(38)52(47(39)45)48-50-42-22-11-9-19-37(42)46(51-48)32-25-23-31(24-26-32)30-13-4-3-5-14-30/h3-9,11-19,21-29H,10,20H2,1-2H3. The van der Waals surface area contributed by atoms with Crippen molar-refractivity contribution in [2.24, 2.45) is 0 Å². The van der Waals surface area contributed by atoms with Gasteiger partial charge < -0.3 is 0 Å². The van der Waals surface area contributed by atoms with E-state index in [0.29, 0.717) is 5.95 Å². The number of benzene rings is 7. The van der Waals surface area contributed by atoms with E-state index in [1.807, 2.05) is 0 Å². The van der Waals surface area contributed by atoms with E-state index in [-0.39, 0.29) is 5.41 Å². The fourth-order valence-corrected chi connectivity index (χ4v) is 9.17. The molecule has 0 fully saturated rings. The topological polar surface area (TPSA) is 30.7 Å². The number of aromatic nitrogens is 3. The Morgan fingerprint density at radius 1 is 0.596 bits per heavy atom. The molecule has 0 bridgehead atoms. The van der Waals surface area contributed by atoms with Crippen molar-refractivity contribution < 1.29 is 0 Å². The molecule has 3 nitrogen and oxygen atoms in total. The summed E-state index contributed by atoms with van der Waals surface area (Å²) in [6, 6.07) is 50.5. The molecule has 3 heteroatoms. The fourth-order valence-electron chi connectivity index (χ4n) is 9.17. The molecule has 11 rings (SSSR count). The molecule has 0 N–H and O–H groups in total. The molecule has 246 valence electrons. The Morgan fingerprint density at radius 2 is 1.29 bits per heavy atom. The van der Waals surface area contributed by atoms with Crippen LogP contribution in [0.1, 0.15) is 37.8 Å². The summed E-state index contributed by atoms with van der Waals surface area (Å²) in [5.74, 6) is 0.691. The van der Waals surface area contributed by atoms with Crippen molar-refractivity contribution in [3.05, 3.63) is 168 Å². The van der Waals surface area contributed by atoms with Gasteiger partial charge in [0.2, 0.25) is 5.95 Å². The largest absolute Gasteiger partial charge is 0.277 e. The molecule has 9 aromatic rings. The molecule has 0 saturated carbocycles. The third-order valence-corrected chi connectivity index (χ3v) is 11.7. The SMILES string of the molecule is CC1(C)C2=C(C=CCC2)c2c3c1cccc3cc1c3cc4ccccc4cc3n(-c3nc(-c4ccc(-c5ccccc5)cc4)c4ccccc4n3)c21. The second kappa shape index (κ2) is 10.8. The van der Waals surface area contributed by atoms with E-state index in [4.69, 9.17) is 9.97 Å². The molecular weight excluding hydrogens is 631 g/mol. The van der Waals surface area contributed by atoms with Crippen molar-refractivity contribution in [3.8, 4) is 28.3 Å². The molecule has 2 aromatic heterocycles. The fraction of sp³-hybridized carbons (Fsp3) is 0.102. The van der Waals surface area contributed by atoms with Crippen molar-refractivity contribution in [3.63, 3.8) is 0 Å². The Hall–Kier alpha value is -6.32. The summed E-state index contributed by atoms with van der Waals surface area (Å²) >= 11 is 0. The van der Waals surface area contributed by atoms with Crippen LogP contribution < -0.4 is 0 Å². The van der Waals surface area contributed by atoms with Gasteiger partial charge in [0.15, 0.2) is 0 Å². The maximum Gasteiger partial charge on any atom is 0.235 e. The summed E-state index contributed by atoms with van der Waals surface area (Å²) in [6.07, 6.45) is 6.88. The van der Waals surface area contributed by atoms with Crippen LogP contribution in [-0.4, -0.2) is 14.5 Å². The molecule has 0 atom stereocenters. The highest BCUT2D eigenvalue weighted by Gasteiger charge is 2.37. The number of fused-ring (bicyclic) bond motifs is 7. The predicted octanol–water partition coefficient (Wildman–Crippen LogP) is 12.8. The van der Waals surface area contributed by atoms with Gasteiger partial charge in [0.1, 0.15) is 0 Å². The third-order valence-electron chi connectivity index (χ3n) is 11.7. The van der Waals surface area contributed by atoms with E-state index in [0.717, 1.165) is 40.5 Å². The van der Waals surface area contributed by atoms with E-state index in [2.05, 4.69) is 170 Å². The minimum Gasteiger partial charge on any atom is -0.277 e. The normalized spacial score (nSPS) is 15.0. The number of allylic oxidation sites excluding steroid dienone is 4. The van der Waals surface area contributed by atoms with Gasteiger partial charge in [-0.3, -0.25) is 4.57 Å². The first-order chi connectivity index (χ1) is 25.5. The third kappa shape index (κ3) is 4.14. The summed E-state index contributed by atoms with van der Waals surface area (Å²) < 4.78 is 2.38. The monoisotopic (exact) mass is 665 g/mol. The van der Waals surface area contributed by atoms with E-state index >= 15 is 0 Å². The van der Waals surface area contributed by atoms with Gasteiger partial charge in [-0.25, -0.2) is 9.97 Å². The molecule has 0 radical (unpaired) electrons. The van der Waals surface area contributed by atoms with Gasteiger partial charge in [-0.05, 0) is 80.9 Å². The van der Waals surface area contributed by atoms with Gasteiger partial charge in [-0.15, -0.1) is 0 Å². The lowest BCUT2D eigenvalue weighted by atomic mass is 9.65. The molecule has 2 heterocycles. The highest BCUT2D eigenvalue weighted by atomic mass is 15.2. The van der Waals surface area contributed by atoms with Crippen LogP contribution in [0.5, 0.6) is 0 Å². The summed E-state index contributed by atoms with van der Waals surface area (Å²) in [5, 5.41) is 8.55. The zero-order valence-electron chi connectivity index (χ0n) is 29.2. The lowest BCUT2D eigenvalue weighted by Gasteiger charge is -2.38. The number of para-hydroxylation sites is 1. The van der Waals surface area contributed by atoms with Crippen molar-refractivity contribution in [1.82, 2.24) is 14.5 Å². The number of rotatable bonds is 3. The molecule has 0 spiro atoms. The van der Waals surface area contributed by atoms with Crippen LogP contribution in [0.25, 0.3) is 88.2 Å².